The van der Waals surface area contributed by atoms with Gasteiger partial charge in [0.1, 0.15) is 16.8 Å². The first kappa shape index (κ1) is 22.4. The van der Waals surface area contributed by atoms with Crippen LogP contribution >= 0.6 is 0 Å². The quantitative estimate of drug-likeness (QED) is 0.649. The molecule has 1 heterocycles. The fourth-order valence-corrected chi connectivity index (χ4v) is 3.56. The van der Waals surface area contributed by atoms with Crippen LogP contribution in [0.25, 0.3) is 0 Å². The van der Waals surface area contributed by atoms with E-state index < -0.39 is 39.5 Å². The van der Waals surface area contributed by atoms with Gasteiger partial charge in [-0.25, -0.2) is 13.2 Å². The van der Waals surface area contributed by atoms with Gasteiger partial charge in [0.05, 0.1) is 5.69 Å². The summed E-state index contributed by atoms with van der Waals surface area (Å²) in [7, 11) is -4.17. The summed E-state index contributed by atoms with van der Waals surface area (Å²) in [5, 5.41) is 14.3. The van der Waals surface area contributed by atoms with Gasteiger partial charge in [-0.3, -0.25) is 4.79 Å². The van der Waals surface area contributed by atoms with Crippen molar-refractivity contribution in [1.29, 1.82) is 0 Å². The van der Waals surface area contributed by atoms with Crippen molar-refractivity contribution in [3.8, 4) is 0 Å². The Morgan fingerprint density at radius 1 is 1.14 bits per heavy atom. The molecule has 29 heavy (non-hydrogen) atoms. The molecule has 0 fully saturated rings. The second kappa shape index (κ2) is 8.62. The second-order valence-electron chi connectivity index (χ2n) is 5.67. The van der Waals surface area contributed by atoms with Crippen LogP contribution < -0.4 is 10.6 Å². The number of amides is 1. The number of nitrogens with zero attached hydrogens (tertiary/aromatic N) is 1. The van der Waals surface area contributed by atoms with Crippen molar-refractivity contribution in [3.63, 3.8) is 0 Å². The molecule has 1 aliphatic rings. The van der Waals surface area contributed by atoms with E-state index in [2.05, 4.69) is 15.0 Å². The van der Waals surface area contributed by atoms with E-state index in [-0.39, 0.29) is 27.7 Å². The van der Waals surface area contributed by atoms with E-state index in [0.29, 0.717) is 12.1 Å². The Kier molecular flexibility index (Phi) is 6.65. The highest BCUT2D eigenvalue weighted by Crippen LogP contribution is 2.29. The summed E-state index contributed by atoms with van der Waals surface area (Å²) in [6.45, 7) is 5.33. The maximum absolute atomic E-state index is 13.2. The van der Waals surface area contributed by atoms with Crippen molar-refractivity contribution in [3.05, 3.63) is 53.3 Å². The normalized spacial score (nSPS) is 15.1. The van der Waals surface area contributed by atoms with Gasteiger partial charge >= 0.3 is 0 Å². The lowest BCUT2D eigenvalue weighted by Crippen LogP contribution is -2.30. The minimum Gasteiger partial charge on any atom is -0.385 e. The molecule has 0 aromatic heterocycles. The molecule has 7 nitrogen and oxygen atoms in total. The molecule has 0 saturated heterocycles. The number of benzene rings is 2. The van der Waals surface area contributed by atoms with E-state index in [1.165, 1.54) is 19.1 Å². The molecule has 2 aromatic rings. The molecule has 0 aliphatic carbocycles. The first-order chi connectivity index (χ1) is 13.6. The third kappa shape index (κ3) is 4.74. The molecule has 0 spiro atoms. The van der Waals surface area contributed by atoms with Crippen LogP contribution in [0.5, 0.6) is 0 Å². The number of carbonyl (C=O) groups is 1. The molecule has 0 bridgehead atoms. The standard InChI is InChI=1S/C16H12F3N3O4S.C2H6/c1-7(23)15-21-12-3-2-8(4-13(12)27(25,26)22-15)16(24)20-9-5-10(17)14(19)11(18)6-9;1-2/h2-7,23H,1H3,(H,20,24)(H,21,22);1-2H3/t7-;/m0./s1. The summed E-state index contributed by atoms with van der Waals surface area (Å²) in [4.78, 5) is 11.9. The molecule has 1 amide bonds. The first-order valence-corrected chi connectivity index (χ1v) is 9.92. The van der Waals surface area contributed by atoms with Crippen LogP contribution in [0.4, 0.5) is 24.5 Å². The first-order valence-electron chi connectivity index (χ1n) is 8.48. The van der Waals surface area contributed by atoms with Crippen molar-refractivity contribution in [2.75, 3.05) is 10.6 Å². The molecule has 156 valence electrons. The predicted octanol–water partition coefficient (Wildman–Crippen LogP) is 3.28. The van der Waals surface area contributed by atoms with Gasteiger partial charge in [-0.05, 0) is 25.1 Å². The molecule has 2 aromatic carbocycles. The highest BCUT2D eigenvalue weighted by molar-refractivity contribution is 7.90. The van der Waals surface area contributed by atoms with Crippen molar-refractivity contribution in [2.45, 2.75) is 31.8 Å². The molecule has 3 N–H and O–H groups in total. The Morgan fingerprint density at radius 3 is 2.28 bits per heavy atom. The summed E-state index contributed by atoms with van der Waals surface area (Å²) >= 11 is 0. The second-order valence-corrected chi connectivity index (χ2v) is 7.24. The molecule has 0 unspecified atom stereocenters. The van der Waals surface area contributed by atoms with E-state index in [1.807, 2.05) is 13.8 Å². The monoisotopic (exact) mass is 429 g/mol. The molecule has 0 saturated carbocycles. The number of hydrogen-bond donors (Lipinski definition) is 3. The van der Waals surface area contributed by atoms with Gasteiger partial charge in [-0.15, -0.1) is 4.40 Å². The van der Waals surface area contributed by atoms with Crippen LogP contribution in [-0.4, -0.2) is 31.4 Å². The van der Waals surface area contributed by atoms with Gasteiger partial charge in [-0.2, -0.15) is 8.42 Å². The fourth-order valence-electron chi connectivity index (χ4n) is 2.33. The zero-order valence-corrected chi connectivity index (χ0v) is 16.4. The van der Waals surface area contributed by atoms with Crippen LogP contribution in [0.3, 0.4) is 0 Å². The van der Waals surface area contributed by atoms with Gasteiger partial charge in [0.15, 0.2) is 17.5 Å². The van der Waals surface area contributed by atoms with Gasteiger partial charge < -0.3 is 15.7 Å². The van der Waals surface area contributed by atoms with Crippen molar-refractivity contribution < 1.29 is 31.5 Å². The maximum atomic E-state index is 13.2. The number of rotatable bonds is 3. The SMILES string of the molecule is CC.C[C@H](O)C1=NS(=O)(=O)c2cc(C(=O)Nc3cc(F)c(F)c(F)c3)ccc2N1. The Labute approximate surface area is 165 Å². The lowest BCUT2D eigenvalue weighted by Gasteiger charge is -2.20. The molecule has 1 atom stereocenters. The zero-order chi connectivity index (χ0) is 21.9. The highest BCUT2D eigenvalue weighted by Gasteiger charge is 2.28. The molecule has 0 radical (unpaired) electrons. The van der Waals surface area contributed by atoms with Crippen molar-refractivity contribution in [2.24, 2.45) is 4.40 Å². The van der Waals surface area contributed by atoms with Crippen LogP contribution in [0.2, 0.25) is 0 Å². The summed E-state index contributed by atoms with van der Waals surface area (Å²) < 4.78 is 67.3. The smallest absolute Gasteiger partial charge is 0.286 e. The Morgan fingerprint density at radius 2 is 1.72 bits per heavy atom. The number of nitrogens with one attached hydrogen (secondary N) is 2. The van der Waals surface area contributed by atoms with Crippen molar-refractivity contribution >= 4 is 33.1 Å². The average molecular weight is 429 g/mol. The number of carbonyl (C=O) groups excluding carboxylic acids is 1. The highest BCUT2D eigenvalue weighted by atomic mass is 32.2. The van der Waals surface area contributed by atoms with Gasteiger partial charge in [-0.1, -0.05) is 13.8 Å². The van der Waals surface area contributed by atoms with E-state index in [1.54, 1.807) is 0 Å². The van der Waals surface area contributed by atoms with E-state index in [9.17, 15) is 31.5 Å². The zero-order valence-electron chi connectivity index (χ0n) is 15.6. The molecule has 11 heteroatoms. The fraction of sp³-hybridized carbons (Fsp3) is 0.222. The summed E-state index contributed by atoms with van der Waals surface area (Å²) in [5.41, 5.74) is -0.374. The van der Waals surface area contributed by atoms with Gasteiger partial charge in [0.2, 0.25) is 0 Å². The molecule has 1 aliphatic heterocycles. The summed E-state index contributed by atoms with van der Waals surface area (Å²) in [6.07, 6.45) is -1.15. The number of amidine groups is 1. The number of sulfonamides is 1. The predicted molar refractivity (Wildman–Crippen MR) is 102 cm³/mol. The lowest BCUT2D eigenvalue weighted by atomic mass is 10.1. The van der Waals surface area contributed by atoms with Crippen molar-refractivity contribution in [1.82, 2.24) is 0 Å². The van der Waals surface area contributed by atoms with Gasteiger partial charge in [0, 0.05) is 23.4 Å². The maximum Gasteiger partial charge on any atom is 0.286 e. The number of anilines is 2. The van der Waals surface area contributed by atoms with E-state index >= 15 is 0 Å². The van der Waals surface area contributed by atoms with E-state index in [0.717, 1.165) is 6.07 Å². The number of hydrogen-bond acceptors (Lipinski definition) is 5. The number of halogens is 3. The van der Waals surface area contributed by atoms with Crippen LogP contribution in [0, 0.1) is 17.5 Å². The number of fused-ring (bicyclic) bond motifs is 1. The average Bonchev–Trinajstić information content (AvgIpc) is 2.66. The summed E-state index contributed by atoms with van der Waals surface area (Å²) in [5.74, 6) is -5.68. The minimum atomic E-state index is -4.17. The third-order valence-corrected chi connectivity index (χ3v) is 4.97. The Balaban J connectivity index is 0.00000145. The minimum absolute atomic E-state index is 0.108. The Hall–Kier alpha value is -2.92. The van der Waals surface area contributed by atoms with Gasteiger partial charge in [0.25, 0.3) is 15.9 Å². The lowest BCUT2D eigenvalue weighted by molar-refractivity contribution is 0.102. The Bertz CT molecular complexity index is 1060. The molecular formula is C18H18F3N3O4S. The van der Waals surface area contributed by atoms with Crippen LogP contribution in [0.1, 0.15) is 31.1 Å². The molecule has 3 rings (SSSR count). The van der Waals surface area contributed by atoms with Crippen LogP contribution in [0.15, 0.2) is 39.6 Å². The topological polar surface area (TPSA) is 108 Å². The number of aliphatic hydroxyl groups excluding tert-OH is 1. The number of aliphatic hydroxyl groups is 1. The summed E-state index contributed by atoms with van der Waals surface area (Å²) in [6, 6.07) is 4.74. The van der Waals surface area contributed by atoms with E-state index in [4.69, 9.17) is 0 Å². The largest absolute Gasteiger partial charge is 0.385 e. The van der Waals surface area contributed by atoms with Crippen LogP contribution in [-0.2, 0) is 10.0 Å². The molecular weight excluding hydrogens is 411 g/mol. The third-order valence-electron chi connectivity index (χ3n) is 3.64.